The average molecular weight is 366 g/mol. The minimum atomic E-state index is -0.320. The van der Waals surface area contributed by atoms with Crippen LogP contribution in [-0.4, -0.2) is 40.6 Å². The number of fused-ring (bicyclic) bond motifs is 1. The van der Waals surface area contributed by atoms with Gasteiger partial charge in [0.05, 0.1) is 23.9 Å². The van der Waals surface area contributed by atoms with Gasteiger partial charge >= 0.3 is 6.03 Å². The third kappa shape index (κ3) is 3.43. The zero-order chi connectivity index (χ0) is 18.8. The number of hydrogen-bond donors (Lipinski definition) is 0. The van der Waals surface area contributed by atoms with E-state index >= 15 is 0 Å². The fourth-order valence-corrected chi connectivity index (χ4v) is 3.69. The van der Waals surface area contributed by atoms with E-state index in [2.05, 4.69) is 11.2 Å². The van der Waals surface area contributed by atoms with Gasteiger partial charge in [0.15, 0.2) is 0 Å². The largest absolute Gasteiger partial charge is 0.364 e. The van der Waals surface area contributed by atoms with E-state index < -0.39 is 0 Å². The minimum absolute atomic E-state index is 0.0150. The lowest BCUT2D eigenvalue weighted by molar-refractivity contribution is 0.144. The van der Waals surface area contributed by atoms with Crippen molar-refractivity contribution < 1.29 is 13.7 Å². The summed E-state index contributed by atoms with van der Waals surface area (Å²) < 4.78 is 18.1. The molecule has 6 nitrogen and oxygen atoms in total. The summed E-state index contributed by atoms with van der Waals surface area (Å²) in [6, 6.07) is 8.24. The van der Waals surface area contributed by atoms with Gasteiger partial charge in [0.1, 0.15) is 12.1 Å². The highest BCUT2D eigenvalue weighted by Crippen LogP contribution is 2.28. The van der Waals surface area contributed by atoms with Crippen LogP contribution < -0.4 is 0 Å². The van der Waals surface area contributed by atoms with Crippen LogP contribution in [0.3, 0.4) is 0 Å². The highest BCUT2D eigenvalue weighted by molar-refractivity contribution is 5.80. The molecule has 2 aromatic rings. The fraction of sp³-hybridized carbons (Fsp3) is 0.350. The van der Waals surface area contributed by atoms with Gasteiger partial charge in [-0.25, -0.2) is 9.18 Å². The number of amides is 2. The number of halogens is 1. The Hall–Kier alpha value is -3.14. The fourth-order valence-electron chi connectivity index (χ4n) is 3.69. The van der Waals surface area contributed by atoms with E-state index in [-0.39, 0.29) is 11.8 Å². The second-order valence-electron chi connectivity index (χ2n) is 6.82. The molecule has 0 spiro atoms. The highest BCUT2D eigenvalue weighted by Gasteiger charge is 2.29. The molecule has 1 aromatic heterocycles. The lowest BCUT2D eigenvalue weighted by Crippen LogP contribution is -2.47. The first-order valence-corrected chi connectivity index (χ1v) is 8.99. The van der Waals surface area contributed by atoms with Crippen LogP contribution in [0.4, 0.5) is 9.18 Å². The molecule has 0 aliphatic carbocycles. The first-order chi connectivity index (χ1) is 13.2. The molecule has 3 heterocycles. The average Bonchev–Trinajstić information content (AvgIpc) is 3.18. The van der Waals surface area contributed by atoms with Crippen LogP contribution in [-0.2, 0) is 13.0 Å². The number of likely N-dealkylation sites (tertiary alicyclic amines) is 1. The molecule has 0 atom stereocenters. The van der Waals surface area contributed by atoms with Crippen molar-refractivity contribution in [3.8, 4) is 6.07 Å². The highest BCUT2D eigenvalue weighted by atomic mass is 19.1. The van der Waals surface area contributed by atoms with Crippen molar-refractivity contribution in [2.75, 3.05) is 19.6 Å². The predicted molar refractivity (Wildman–Crippen MR) is 95.8 cm³/mol. The van der Waals surface area contributed by atoms with Crippen molar-refractivity contribution in [1.29, 1.82) is 5.26 Å². The SMILES string of the molecule is N#CC(=C1CCN(C(=O)N2CCc3nocc3C2)CC1)c1ccc(F)cc1. The second kappa shape index (κ2) is 7.23. The van der Waals surface area contributed by atoms with Gasteiger partial charge < -0.3 is 14.3 Å². The van der Waals surface area contributed by atoms with Gasteiger partial charge in [0.2, 0.25) is 0 Å². The number of carbonyl (C=O) groups excluding carboxylic acids is 1. The topological polar surface area (TPSA) is 73.4 Å². The Kier molecular flexibility index (Phi) is 4.63. The second-order valence-corrected chi connectivity index (χ2v) is 6.82. The summed E-state index contributed by atoms with van der Waals surface area (Å²) in [6.45, 7) is 2.31. The number of nitrogens with zero attached hydrogens (tertiary/aromatic N) is 4. The van der Waals surface area contributed by atoms with E-state index in [0.29, 0.717) is 51.0 Å². The van der Waals surface area contributed by atoms with Crippen LogP contribution in [0, 0.1) is 17.1 Å². The van der Waals surface area contributed by atoms with Gasteiger partial charge in [0, 0.05) is 31.6 Å². The molecule has 4 rings (SSSR count). The molecule has 0 radical (unpaired) electrons. The molecular weight excluding hydrogens is 347 g/mol. The van der Waals surface area contributed by atoms with Crippen molar-refractivity contribution >= 4 is 11.6 Å². The van der Waals surface area contributed by atoms with Crippen LogP contribution in [0.2, 0.25) is 0 Å². The molecule has 27 heavy (non-hydrogen) atoms. The molecule has 1 aromatic carbocycles. The molecule has 0 N–H and O–H groups in total. The standard InChI is InChI=1S/C20H19FN4O2/c21-17-3-1-14(2-4-17)18(11-22)15-5-8-24(9-6-15)20(26)25-10-7-19-16(12-25)13-27-23-19/h1-4,13H,5-10,12H2. The molecule has 0 bridgehead atoms. The first-order valence-electron chi connectivity index (χ1n) is 8.99. The number of rotatable bonds is 1. The van der Waals surface area contributed by atoms with Gasteiger partial charge in [-0.3, -0.25) is 0 Å². The van der Waals surface area contributed by atoms with Gasteiger partial charge in [-0.2, -0.15) is 5.26 Å². The lowest BCUT2D eigenvalue weighted by Gasteiger charge is -2.35. The zero-order valence-electron chi connectivity index (χ0n) is 14.8. The minimum Gasteiger partial charge on any atom is -0.364 e. The summed E-state index contributed by atoms with van der Waals surface area (Å²) >= 11 is 0. The van der Waals surface area contributed by atoms with E-state index in [0.717, 1.165) is 22.4 Å². The summed E-state index contributed by atoms with van der Waals surface area (Å²) in [6.07, 6.45) is 3.62. The Bertz CT molecular complexity index is 916. The third-order valence-electron chi connectivity index (χ3n) is 5.21. The van der Waals surface area contributed by atoms with Crippen molar-refractivity contribution in [1.82, 2.24) is 15.0 Å². The molecular formula is C20H19FN4O2. The number of nitriles is 1. The smallest absolute Gasteiger partial charge is 0.320 e. The summed E-state index contributed by atoms with van der Waals surface area (Å²) in [5, 5.41) is 13.5. The Balaban J connectivity index is 1.43. The molecule has 2 aliphatic rings. The molecule has 0 saturated carbocycles. The van der Waals surface area contributed by atoms with Crippen molar-refractivity contribution in [2.24, 2.45) is 0 Å². The third-order valence-corrected chi connectivity index (χ3v) is 5.21. The number of piperidine rings is 1. The lowest BCUT2D eigenvalue weighted by atomic mass is 9.94. The van der Waals surface area contributed by atoms with Crippen LogP contribution >= 0.6 is 0 Å². The van der Waals surface area contributed by atoms with Gasteiger partial charge in [0.25, 0.3) is 0 Å². The van der Waals surface area contributed by atoms with E-state index in [9.17, 15) is 14.4 Å². The van der Waals surface area contributed by atoms with Crippen LogP contribution in [0.15, 0.2) is 40.6 Å². The Labute approximate surface area is 156 Å². The normalized spacial score (nSPS) is 16.7. The Morgan fingerprint density at radius 1 is 1.11 bits per heavy atom. The maximum Gasteiger partial charge on any atom is 0.320 e. The summed E-state index contributed by atoms with van der Waals surface area (Å²) in [7, 11) is 0. The summed E-state index contributed by atoms with van der Waals surface area (Å²) in [5.41, 5.74) is 4.24. The van der Waals surface area contributed by atoms with E-state index in [1.54, 1.807) is 18.4 Å². The Morgan fingerprint density at radius 2 is 1.81 bits per heavy atom. The molecule has 138 valence electrons. The van der Waals surface area contributed by atoms with Gasteiger partial charge in [-0.1, -0.05) is 17.3 Å². The molecule has 2 amide bonds. The number of benzene rings is 1. The van der Waals surface area contributed by atoms with Crippen LogP contribution in [0.25, 0.3) is 5.57 Å². The van der Waals surface area contributed by atoms with E-state index in [1.807, 2.05) is 9.80 Å². The van der Waals surface area contributed by atoms with Crippen molar-refractivity contribution in [2.45, 2.75) is 25.8 Å². The van der Waals surface area contributed by atoms with Gasteiger partial charge in [-0.15, -0.1) is 0 Å². The quantitative estimate of drug-likeness (QED) is 0.726. The van der Waals surface area contributed by atoms with Crippen LogP contribution in [0.1, 0.15) is 29.7 Å². The predicted octanol–water partition coefficient (Wildman–Crippen LogP) is 3.36. The van der Waals surface area contributed by atoms with Crippen LogP contribution in [0.5, 0.6) is 0 Å². The molecule has 1 saturated heterocycles. The van der Waals surface area contributed by atoms with E-state index in [1.165, 1.54) is 12.1 Å². The maximum absolute atomic E-state index is 13.1. The molecule has 1 fully saturated rings. The van der Waals surface area contributed by atoms with E-state index in [4.69, 9.17) is 4.52 Å². The maximum atomic E-state index is 13.1. The van der Waals surface area contributed by atoms with Crippen molar-refractivity contribution in [3.63, 3.8) is 0 Å². The van der Waals surface area contributed by atoms with Crippen molar-refractivity contribution in [3.05, 3.63) is 58.7 Å². The van der Waals surface area contributed by atoms with Gasteiger partial charge in [-0.05, 0) is 36.1 Å². The molecule has 2 aliphatic heterocycles. The number of urea groups is 1. The first kappa shape index (κ1) is 17.3. The zero-order valence-corrected chi connectivity index (χ0v) is 14.8. The Morgan fingerprint density at radius 3 is 2.52 bits per heavy atom. The summed E-state index contributed by atoms with van der Waals surface area (Å²) in [4.78, 5) is 16.5. The number of allylic oxidation sites excluding steroid dienone is 1. The molecule has 0 unspecified atom stereocenters. The summed E-state index contributed by atoms with van der Waals surface area (Å²) in [5.74, 6) is -0.320. The molecule has 7 heteroatoms. The number of hydrogen-bond acceptors (Lipinski definition) is 4. The monoisotopic (exact) mass is 366 g/mol. The number of carbonyl (C=O) groups is 1. The number of aromatic nitrogens is 1.